The third-order valence-corrected chi connectivity index (χ3v) is 7.32. The molecule has 1 amide bonds. The normalized spacial score (nSPS) is 23.2. The number of piperidine rings is 1. The van der Waals surface area contributed by atoms with E-state index in [1.807, 2.05) is 0 Å². The zero-order valence-electron chi connectivity index (χ0n) is 18.1. The van der Waals surface area contributed by atoms with E-state index in [0.717, 1.165) is 64.7 Å². The number of piperazine rings is 1. The molecule has 1 saturated carbocycles. The van der Waals surface area contributed by atoms with Crippen LogP contribution in [0.3, 0.4) is 0 Å². The van der Waals surface area contributed by atoms with E-state index in [1.54, 1.807) is 0 Å². The van der Waals surface area contributed by atoms with Gasteiger partial charge in [-0.1, -0.05) is 43.2 Å². The fraction of sp³-hybridized carbons (Fsp3) is 0.708. The lowest BCUT2D eigenvalue weighted by atomic mass is 10.0. The molecule has 4 rings (SSSR count). The summed E-state index contributed by atoms with van der Waals surface area (Å²) in [6, 6.07) is 12.1. The van der Waals surface area contributed by atoms with Gasteiger partial charge in [-0.15, -0.1) is 0 Å². The molecule has 1 aromatic rings. The molecule has 0 aromatic heterocycles. The number of nitrogens with zero attached hydrogens (tertiary/aromatic N) is 4. The van der Waals surface area contributed by atoms with Gasteiger partial charge in [-0.2, -0.15) is 0 Å². The van der Waals surface area contributed by atoms with Crippen molar-refractivity contribution in [3.05, 3.63) is 35.9 Å². The van der Waals surface area contributed by atoms with Gasteiger partial charge in [-0.05, 0) is 38.3 Å². The Morgan fingerprint density at radius 2 is 1.59 bits per heavy atom. The summed E-state index contributed by atoms with van der Waals surface area (Å²) in [5.41, 5.74) is 1.38. The lowest BCUT2D eigenvalue weighted by molar-refractivity contribution is -0.134. The summed E-state index contributed by atoms with van der Waals surface area (Å²) in [7, 11) is 2.24. The van der Waals surface area contributed by atoms with Gasteiger partial charge in [-0.25, -0.2) is 0 Å². The monoisotopic (exact) mass is 398 g/mol. The Bertz CT molecular complexity index is 630. The first kappa shape index (κ1) is 20.8. The van der Waals surface area contributed by atoms with Gasteiger partial charge >= 0.3 is 0 Å². The smallest absolute Gasteiger partial charge is 0.236 e. The van der Waals surface area contributed by atoms with Crippen LogP contribution in [0.1, 0.15) is 44.1 Å². The second-order valence-corrected chi connectivity index (χ2v) is 9.26. The molecule has 5 heteroatoms. The maximum atomic E-state index is 12.8. The summed E-state index contributed by atoms with van der Waals surface area (Å²) in [6.45, 7) is 7.69. The van der Waals surface area contributed by atoms with Crippen LogP contribution in [0.4, 0.5) is 0 Å². The summed E-state index contributed by atoms with van der Waals surface area (Å²) >= 11 is 0. The maximum absolute atomic E-state index is 12.8. The number of carbonyl (C=O) groups is 1. The van der Waals surface area contributed by atoms with Crippen molar-refractivity contribution in [1.82, 2.24) is 19.6 Å². The molecule has 0 bridgehead atoms. The van der Waals surface area contributed by atoms with Crippen LogP contribution in [0.25, 0.3) is 0 Å². The largest absolute Gasteiger partial charge is 0.339 e. The van der Waals surface area contributed by atoms with E-state index >= 15 is 0 Å². The lowest BCUT2D eigenvalue weighted by Gasteiger charge is -2.40. The van der Waals surface area contributed by atoms with Gasteiger partial charge in [0.15, 0.2) is 0 Å². The number of amides is 1. The molecule has 0 unspecified atom stereocenters. The summed E-state index contributed by atoms with van der Waals surface area (Å²) in [5, 5.41) is 0. The Labute approximate surface area is 176 Å². The Morgan fingerprint density at radius 1 is 0.931 bits per heavy atom. The Hall–Kier alpha value is -1.43. The van der Waals surface area contributed by atoms with Crippen molar-refractivity contribution in [3.8, 4) is 0 Å². The molecule has 160 valence electrons. The second kappa shape index (κ2) is 10.1. The molecule has 29 heavy (non-hydrogen) atoms. The maximum Gasteiger partial charge on any atom is 0.236 e. The number of hydrogen-bond acceptors (Lipinski definition) is 4. The van der Waals surface area contributed by atoms with Gasteiger partial charge < -0.3 is 4.90 Å². The van der Waals surface area contributed by atoms with Gasteiger partial charge in [-0.3, -0.25) is 19.5 Å². The first-order chi connectivity index (χ1) is 14.2. The molecule has 0 spiro atoms. The topological polar surface area (TPSA) is 30.0 Å². The van der Waals surface area contributed by atoms with Gasteiger partial charge in [0, 0.05) is 57.9 Å². The quantitative estimate of drug-likeness (QED) is 0.737. The summed E-state index contributed by atoms with van der Waals surface area (Å²) in [6.07, 6.45) is 7.82. The Kier molecular flexibility index (Phi) is 7.22. The van der Waals surface area contributed by atoms with E-state index in [2.05, 4.69) is 57.0 Å². The number of benzene rings is 1. The van der Waals surface area contributed by atoms with Crippen molar-refractivity contribution >= 4 is 5.91 Å². The highest BCUT2D eigenvalue weighted by atomic mass is 16.2. The predicted molar refractivity (Wildman–Crippen MR) is 118 cm³/mol. The Balaban J connectivity index is 1.16. The van der Waals surface area contributed by atoms with Crippen LogP contribution in [0.5, 0.6) is 0 Å². The zero-order chi connectivity index (χ0) is 20.1. The van der Waals surface area contributed by atoms with Crippen molar-refractivity contribution in [2.45, 2.75) is 57.2 Å². The Morgan fingerprint density at radius 3 is 2.24 bits per heavy atom. The molecule has 0 radical (unpaired) electrons. The summed E-state index contributed by atoms with van der Waals surface area (Å²) < 4.78 is 0. The standard InChI is InChI=1S/C24H38N4O/c1-25(19-21-7-3-2-4-8-21)22-11-13-26(14-12-22)20-24(29)28-17-15-27(16-18-28)23-9-5-6-10-23/h2-4,7-8,22-23H,5-6,9-20H2,1H3. The van der Waals surface area contributed by atoms with Crippen LogP contribution in [-0.2, 0) is 11.3 Å². The van der Waals surface area contributed by atoms with E-state index in [9.17, 15) is 4.79 Å². The fourth-order valence-electron chi connectivity index (χ4n) is 5.42. The summed E-state index contributed by atoms with van der Waals surface area (Å²) in [4.78, 5) is 22.4. The minimum absolute atomic E-state index is 0.340. The lowest BCUT2D eigenvalue weighted by Crippen LogP contribution is -2.54. The minimum Gasteiger partial charge on any atom is -0.339 e. The molecule has 2 saturated heterocycles. The highest BCUT2D eigenvalue weighted by Gasteiger charge is 2.29. The molecule has 2 aliphatic heterocycles. The van der Waals surface area contributed by atoms with Crippen molar-refractivity contribution in [3.63, 3.8) is 0 Å². The minimum atomic E-state index is 0.340. The molecule has 3 fully saturated rings. The van der Waals surface area contributed by atoms with E-state index < -0.39 is 0 Å². The highest BCUT2D eigenvalue weighted by Crippen LogP contribution is 2.24. The second-order valence-electron chi connectivity index (χ2n) is 9.26. The highest BCUT2D eigenvalue weighted by molar-refractivity contribution is 5.78. The number of likely N-dealkylation sites (tertiary alicyclic amines) is 1. The molecule has 2 heterocycles. The molecular formula is C24H38N4O. The van der Waals surface area contributed by atoms with Crippen molar-refractivity contribution in [2.24, 2.45) is 0 Å². The van der Waals surface area contributed by atoms with Crippen LogP contribution in [0, 0.1) is 0 Å². The first-order valence-electron chi connectivity index (χ1n) is 11.7. The van der Waals surface area contributed by atoms with Gasteiger partial charge in [0.2, 0.25) is 5.91 Å². The molecular weight excluding hydrogens is 360 g/mol. The third-order valence-electron chi connectivity index (χ3n) is 7.32. The van der Waals surface area contributed by atoms with Crippen LogP contribution in [-0.4, -0.2) is 90.5 Å². The molecule has 0 N–H and O–H groups in total. The van der Waals surface area contributed by atoms with Crippen LogP contribution in [0.15, 0.2) is 30.3 Å². The predicted octanol–water partition coefficient (Wildman–Crippen LogP) is 2.67. The molecule has 5 nitrogen and oxygen atoms in total. The number of carbonyl (C=O) groups excluding carboxylic acids is 1. The van der Waals surface area contributed by atoms with E-state index in [0.29, 0.717) is 18.5 Å². The molecule has 3 aliphatic rings. The van der Waals surface area contributed by atoms with Crippen molar-refractivity contribution < 1.29 is 4.79 Å². The fourth-order valence-corrected chi connectivity index (χ4v) is 5.42. The average molecular weight is 399 g/mol. The van der Waals surface area contributed by atoms with Crippen LogP contribution in [0.2, 0.25) is 0 Å². The summed E-state index contributed by atoms with van der Waals surface area (Å²) in [5.74, 6) is 0.340. The van der Waals surface area contributed by atoms with Crippen molar-refractivity contribution in [2.75, 3.05) is 52.9 Å². The van der Waals surface area contributed by atoms with Gasteiger partial charge in [0.05, 0.1) is 6.54 Å². The SMILES string of the molecule is CN(Cc1ccccc1)C1CCN(CC(=O)N2CCN(C3CCCC3)CC2)CC1. The third kappa shape index (κ3) is 5.59. The molecule has 0 atom stereocenters. The van der Waals surface area contributed by atoms with E-state index in [-0.39, 0.29) is 0 Å². The zero-order valence-corrected chi connectivity index (χ0v) is 18.1. The molecule has 1 aliphatic carbocycles. The van der Waals surface area contributed by atoms with Gasteiger partial charge in [0.1, 0.15) is 0 Å². The van der Waals surface area contributed by atoms with Crippen LogP contribution < -0.4 is 0 Å². The molecule has 1 aromatic carbocycles. The van der Waals surface area contributed by atoms with E-state index in [4.69, 9.17) is 0 Å². The average Bonchev–Trinajstić information content (AvgIpc) is 3.30. The van der Waals surface area contributed by atoms with Crippen molar-refractivity contribution in [1.29, 1.82) is 0 Å². The van der Waals surface area contributed by atoms with E-state index in [1.165, 1.54) is 31.2 Å². The number of rotatable bonds is 6. The van der Waals surface area contributed by atoms with Crippen LogP contribution >= 0.6 is 0 Å². The van der Waals surface area contributed by atoms with Gasteiger partial charge in [0.25, 0.3) is 0 Å². The first-order valence-corrected chi connectivity index (χ1v) is 11.7. The number of hydrogen-bond donors (Lipinski definition) is 0.